The van der Waals surface area contributed by atoms with Gasteiger partial charge in [0.1, 0.15) is 9.98 Å². The van der Waals surface area contributed by atoms with Crippen LogP contribution >= 0.6 is 34.5 Å². The number of H-pyrrole nitrogens is 1. The summed E-state index contributed by atoms with van der Waals surface area (Å²) in [5, 5.41) is 0.814. The zero-order valence-electron chi connectivity index (χ0n) is 13.5. The lowest BCUT2D eigenvalue weighted by molar-refractivity contribution is 0.0313. The zero-order chi connectivity index (χ0) is 18.3. The molecule has 3 heterocycles. The molecule has 6 nitrogen and oxygen atoms in total. The van der Waals surface area contributed by atoms with Crippen molar-refractivity contribution in [3.8, 4) is 0 Å². The van der Waals surface area contributed by atoms with Gasteiger partial charge in [0, 0.05) is 4.88 Å². The minimum atomic E-state index is -0.788. The number of thiophene rings is 1. The molecule has 0 amide bonds. The molecule has 0 aliphatic heterocycles. The number of ether oxygens (including phenoxy) is 1. The fourth-order valence-electron chi connectivity index (χ4n) is 2.30. The average Bonchev–Trinajstić information content (AvgIpc) is 2.84. The maximum atomic E-state index is 12.3. The van der Waals surface area contributed by atoms with Crippen LogP contribution < -0.4 is 5.56 Å². The molecule has 25 heavy (non-hydrogen) atoms. The Kier molecular flexibility index (Phi) is 4.81. The van der Waals surface area contributed by atoms with Gasteiger partial charge in [-0.1, -0.05) is 23.2 Å². The first-order valence-corrected chi connectivity index (χ1v) is 8.88. The second kappa shape index (κ2) is 6.74. The third kappa shape index (κ3) is 3.40. The van der Waals surface area contributed by atoms with Gasteiger partial charge in [-0.15, -0.1) is 11.3 Å². The number of nitrogens with zero attached hydrogens (tertiary/aromatic N) is 2. The van der Waals surface area contributed by atoms with Crippen LogP contribution in [0.5, 0.6) is 0 Å². The Morgan fingerprint density at radius 3 is 2.72 bits per heavy atom. The van der Waals surface area contributed by atoms with Crippen molar-refractivity contribution >= 4 is 50.7 Å². The number of esters is 1. The molecule has 0 fully saturated rings. The molecule has 0 saturated heterocycles. The van der Waals surface area contributed by atoms with Crippen LogP contribution in [0.1, 0.15) is 39.8 Å². The van der Waals surface area contributed by atoms with E-state index in [1.165, 1.54) is 23.5 Å². The molecule has 130 valence electrons. The number of pyridine rings is 1. The number of hydrogen-bond donors (Lipinski definition) is 1. The van der Waals surface area contributed by atoms with Crippen LogP contribution in [0.25, 0.3) is 10.2 Å². The Morgan fingerprint density at radius 2 is 2.00 bits per heavy atom. The Labute approximate surface area is 156 Å². The Morgan fingerprint density at radius 1 is 1.28 bits per heavy atom. The van der Waals surface area contributed by atoms with Crippen molar-refractivity contribution in [1.82, 2.24) is 15.0 Å². The van der Waals surface area contributed by atoms with Gasteiger partial charge < -0.3 is 9.72 Å². The van der Waals surface area contributed by atoms with Gasteiger partial charge in [0.15, 0.2) is 17.6 Å². The molecule has 0 saturated carbocycles. The Balaban J connectivity index is 1.92. The van der Waals surface area contributed by atoms with Gasteiger partial charge in [0.2, 0.25) is 0 Å². The monoisotopic (exact) mass is 397 g/mol. The minimum absolute atomic E-state index is 0.0905. The first-order valence-electron chi connectivity index (χ1n) is 7.31. The maximum absolute atomic E-state index is 12.3. The average molecular weight is 398 g/mol. The number of carbonyl (C=O) groups is 1. The normalized spacial score (nSPS) is 12.4. The standard InChI is InChI=1S/C16H13Cl2N3O3S/c1-6-8(3)25-15-11(6)14(22)20-13(21-15)7(2)24-16(23)12-9(17)4-5-10(18)19-12/h4-5,7H,1-3H3,(H,20,21,22)/t7-/m1/s1. The van der Waals surface area contributed by atoms with Crippen LogP contribution in [-0.4, -0.2) is 20.9 Å². The van der Waals surface area contributed by atoms with Crippen molar-refractivity contribution in [2.75, 3.05) is 0 Å². The molecule has 0 aliphatic carbocycles. The van der Waals surface area contributed by atoms with Gasteiger partial charge in [-0.25, -0.2) is 14.8 Å². The van der Waals surface area contributed by atoms with Gasteiger partial charge in [-0.3, -0.25) is 4.79 Å². The molecule has 0 unspecified atom stereocenters. The van der Waals surface area contributed by atoms with E-state index < -0.39 is 12.1 Å². The molecule has 0 spiro atoms. The molecule has 1 atom stereocenters. The third-order valence-electron chi connectivity index (χ3n) is 3.73. The van der Waals surface area contributed by atoms with Crippen molar-refractivity contribution in [2.45, 2.75) is 26.9 Å². The SMILES string of the molecule is Cc1sc2nc([C@@H](C)OC(=O)c3nc(Cl)ccc3Cl)[nH]c(=O)c2c1C. The highest BCUT2D eigenvalue weighted by Crippen LogP contribution is 2.27. The highest BCUT2D eigenvalue weighted by Gasteiger charge is 2.21. The third-order valence-corrected chi connectivity index (χ3v) is 5.35. The predicted octanol–water partition coefficient (Wildman–Crippen LogP) is 4.22. The smallest absolute Gasteiger partial charge is 0.359 e. The highest BCUT2D eigenvalue weighted by atomic mass is 35.5. The fourth-order valence-corrected chi connectivity index (χ4v) is 3.66. The quantitative estimate of drug-likeness (QED) is 0.528. The summed E-state index contributed by atoms with van der Waals surface area (Å²) in [6, 6.07) is 2.93. The Bertz CT molecular complexity index is 1050. The first kappa shape index (κ1) is 17.8. The first-order chi connectivity index (χ1) is 11.8. The molecule has 3 aromatic rings. The number of aromatic amines is 1. The molecule has 3 aromatic heterocycles. The van der Waals surface area contributed by atoms with Crippen LogP contribution in [0.15, 0.2) is 16.9 Å². The van der Waals surface area contributed by atoms with Gasteiger partial charge in [0.05, 0.1) is 10.4 Å². The maximum Gasteiger partial charge on any atom is 0.359 e. The van der Waals surface area contributed by atoms with E-state index in [4.69, 9.17) is 27.9 Å². The number of carbonyl (C=O) groups excluding carboxylic acids is 1. The number of nitrogens with one attached hydrogen (secondary N) is 1. The summed E-state index contributed by atoms with van der Waals surface area (Å²) >= 11 is 13.2. The van der Waals surface area contributed by atoms with E-state index in [1.807, 2.05) is 13.8 Å². The number of fused-ring (bicyclic) bond motifs is 1. The van der Waals surface area contributed by atoms with Crippen LogP contribution in [0, 0.1) is 13.8 Å². The van der Waals surface area contributed by atoms with Crippen LogP contribution in [0.3, 0.4) is 0 Å². The summed E-state index contributed by atoms with van der Waals surface area (Å²) in [7, 11) is 0. The van der Waals surface area contributed by atoms with Gasteiger partial charge >= 0.3 is 5.97 Å². The predicted molar refractivity (Wildman–Crippen MR) is 97.8 cm³/mol. The number of halogens is 2. The summed E-state index contributed by atoms with van der Waals surface area (Å²) in [6.07, 6.45) is -0.788. The molecule has 1 N–H and O–H groups in total. The molecule has 0 radical (unpaired) electrons. The highest BCUT2D eigenvalue weighted by molar-refractivity contribution is 7.18. The Hall–Kier alpha value is -1.96. The van der Waals surface area contributed by atoms with Crippen LogP contribution in [0.4, 0.5) is 0 Å². The topological polar surface area (TPSA) is 84.9 Å². The van der Waals surface area contributed by atoms with E-state index in [2.05, 4.69) is 15.0 Å². The lowest BCUT2D eigenvalue weighted by atomic mass is 10.2. The molecule has 0 aliphatic rings. The van der Waals surface area contributed by atoms with E-state index in [-0.39, 0.29) is 27.3 Å². The van der Waals surface area contributed by atoms with E-state index >= 15 is 0 Å². The lowest BCUT2D eigenvalue weighted by Gasteiger charge is -2.12. The lowest BCUT2D eigenvalue weighted by Crippen LogP contribution is -2.18. The minimum Gasteiger partial charge on any atom is -0.450 e. The van der Waals surface area contributed by atoms with Gasteiger partial charge in [-0.05, 0) is 38.5 Å². The molecular weight excluding hydrogens is 385 g/mol. The number of aromatic nitrogens is 3. The number of hydrogen-bond acceptors (Lipinski definition) is 6. The second-order valence-electron chi connectivity index (χ2n) is 5.43. The van der Waals surface area contributed by atoms with Crippen molar-refractivity contribution < 1.29 is 9.53 Å². The van der Waals surface area contributed by atoms with E-state index in [0.717, 1.165) is 10.4 Å². The second-order valence-corrected chi connectivity index (χ2v) is 7.42. The molecular formula is C16H13Cl2N3O3S. The fraction of sp³-hybridized carbons (Fsp3) is 0.250. The van der Waals surface area contributed by atoms with E-state index in [0.29, 0.717) is 10.2 Å². The van der Waals surface area contributed by atoms with Gasteiger partial charge in [-0.2, -0.15) is 0 Å². The zero-order valence-corrected chi connectivity index (χ0v) is 15.8. The van der Waals surface area contributed by atoms with E-state index in [1.54, 1.807) is 6.92 Å². The van der Waals surface area contributed by atoms with Crippen molar-refractivity contribution in [3.05, 3.63) is 54.6 Å². The summed E-state index contributed by atoms with van der Waals surface area (Å²) in [5.41, 5.74) is 0.552. The summed E-state index contributed by atoms with van der Waals surface area (Å²) in [6.45, 7) is 5.41. The number of aryl methyl sites for hydroxylation is 2. The van der Waals surface area contributed by atoms with Crippen molar-refractivity contribution in [3.63, 3.8) is 0 Å². The van der Waals surface area contributed by atoms with Gasteiger partial charge in [0.25, 0.3) is 5.56 Å². The van der Waals surface area contributed by atoms with Crippen LogP contribution in [-0.2, 0) is 4.74 Å². The summed E-state index contributed by atoms with van der Waals surface area (Å²) in [4.78, 5) is 37.2. The summed E-state index contributed by atoms with van der Waals surface area (Å²) < 4.78 is 5.33. The number of rotatable bonds is 3. The molecule has 9 heteroatoms. The summed E-state index contributed by atoms with van der Waals surface area (Å²) in [5.74, 6) is -0.494. The largest absolute Gasteiger partial charge is 0.450 e. The van der Waals surface area contributed by atoms with Crippen molar-refractivity contribution in [1.29, 1.82) is 0 Å². The molecule has 3 rings (SSSR count). The molecule has 0 bridgehead atoms. The van der Waals surface area contributed by atoms with E-state index in [9.17, 15) is 9.59 Å². The molecule has 0 aromatic carbocycles. The van der Waals surface area contributed by atoms with Crippen molar-refractivity contribution in [2.24, 2.45) is 0 Å². The van der Waals surface area contributed by atoms with Crippen LogP contribution in [0.2, 0.25) is 10.2 Å².